The maximum absolute atomic E-state index is 5.13. The van der Waals surface area contributed by atoms with Crippen molar-refractivity contribution in [1.29, 1.82) is 0 Å². The normalized spacial score (nSPS) is 14.9. The standard InChI is InChI=1S/C24H27BrN2/c1-15-9-11-19(13-17(15)3)23-22(25)24(20-12-10-16(2)18(4)14-20)27(26-23)21-7-5-6-8-21/h9-14,21H,5-8H2,1-4H3. The van der Waals surface area contributed by atoms with Gasteiger partial charge in [-0.05, 0) is 90.9 Å². The smallest absolute Gasteiger partial charge is 0.107 e. The Balaban J connectivity index is 1.91. The van der Waals surface area contributed by atoms with Gasteiger partial charge in [0.15, 0.2) is 0 Å². The van der Waals surface area contributed by atoms with Crippen molar-refractivity contribution in [1.82, 2.24) is 9.78 Å². The molecule has 0 N–H and O–H groups in total. The highest BCUT2D eigenvalue weighted by molar-refractivity contribution is 9.10. The zero-order valence-corrected chi connectivity index (χ0v) is 18.2. The molecule has 0 radical (unpaired) electrons. The van der Waals surface area contributed by atoms with E-state index < -0.39 is 0 Å². The lowest BCUT2D eigenvalue weighted by Gasteiger charge is -2.15. The van der Waals surface area contributed by atoms with Crippen LogP contribution in [0.1, 0.15) is 54.0 Å². The summed E-state index contributed by atoms with van der Waals surface area (Å²) < 4.78 is 3.41. The summed E-state index contributed by atoms with van der Waals surface area (Å²) in [5.41, 5.74) is 9.99. The third kappa shape index (κ3) is 3.38. The summed E-state index contributed by atoms with van der Waals surface area (Å²) in [6.07, 6.45) is 5.04. The van der Waals surface area contributed by atoms with Crippen molar-refractivity contribution < 1.29 is 0 Å². The first-order valence-electron chi connectivity index (χ1n) is 9.89. The van der Waals surface area contributed by atoms with Gasteiger partial charge in [0.2, 0.25) is 0 Å². The average Bonchev–Trinajstić information content (AvgIpc) is 3.28. The van der Waals surface area contributed by atoms with Crippen molar-refractivity contribution in [3.05, 3.63) is 63.1 Å². The number of hydrogen-bond donors (Lipinski definition) is 0. The van der Waals surface area contributed by atoms with Crippen molar-refractivity contribution in [3.63, 3.8) is 0 Å². The van der Waals surface area contributed by atoms with Crippen molar-refractivity contribution in [3.8, 4) is 22.5 Å². The van der Waals surface area contributed by atoms with E-state index in [0.717, 1.165) is 10.2 Å². The van der Waals surface area contributed by atoms with Crippen LogP contribution < -0.4 is 0 Å². The lowest BCUT2D eigenvalue weighted by Crippen LogP contribution is -2.08. The third-order valence-corrected chi connectivity index (χ3v) is 6.84. The van der Waals surface area contributed by atoms with Crippen molar-refractivity contribution in [2.45, 2.75) is 59.4 Å². The summed E-state index contributed by atoms with van der Waals surface area (Å²) in [5, 5.41) is 5.13. The second-order valence-electron chi connectivity index (χ2n) is 7.99. The van der Waals surface area contributed by atoms with Crippen LogP contribution in [-0.4, -0.2) is 9.78 Å². The molecule has 1 fully saturated rings. The molecule has 1 aliphatic carbocycles. The van der Waals surface area contributed by atoms with Gasteiger partial charge in [-0.2, -0.15) is 5.10 Å². The summed E-state index contributed by atoms with van der Waals surface area (Å²) in [5.74, 6) is 0. The van der Waals surface area contributed by atoms with E-state index in [4.69, 9.17) is 5.10 Å². The molecule has 27 heavy (non-hydrogen) atoms. The van der Waals surface area contributed by atoms with Gasteiger partial charge in [-0.25, -0.2) is 0 Å². The SMILES string of the molecule is Cc1ccc(-c2nn(C3CCCC3)c(-c3ccc(C)c(C)c3)c2Br)cc1C. The fraction of sp³-hybridized carbons (Fsp3) is 0.375. The number of aromatic nitrogens is 2. The van der Waals surface area contributed by atoms with Crippen LogP contribution in [0.3, 0.4) is 0 Å². The Bertz CT molecular complexity index is 994. The van der Waals surface area contributed by atoms with Crippen LogP contribution in [0.2, 0.25) is 0 Å². The Morgan fingerprint density at radius 3 is 1.96 bits per heavy atom. The molecule has 1 aromatic heterocycles. The molecule has 3 aromatic rings. The maximum atomic E-state index is 5.13. The van der Waals surface area contributed by atoms with E-state index in [1.165, 1.54) is 64.8 Å². The number of rotatable bonds is 3. The summed E-state index contributed by atoms with van der Waals surface area (Å²) in [6, 6.07) is 13.9. The highest BCUT2D eigenvalue weighted by Crippen LogP contribution is 2.42. The van der Waals surface area contributed by atoms with Crippen LogP contribution in [0.4, 0.5) is 0 Å². The molecular formula is C24H27BrN2. The molecule has 3 heteroatoms. The molecule has 4 rings (SSSR count). The van der Waals surface area contributed by atoms with Crippen LogP contribution in [0, 0.1) is 27.7 Å². The Morgan fingerprint density at radius 2 is 1.37 bits per heavy atom. The first kappa shape index (κ1) is 18.5. The summed E-state index contributed by atoms with van der Waals surface area (Å²) in [6.45, 7) is 8.69. The molecule has 0 unspecified atom stereocenters. The molecule has 0 atom stereocenters. The van der Waals surface area contributed by atoms with Crippen LogP contribution in [0.15, 0.2) is 40.9 Å². The zero-order chi connectivity index (χ0) is 19.1. The highest BCUT2D eigenvalue weighted by Gasteiger charge is 2.26. The molecule has 140 valence electrons. The molecule has 0 amide bonds. The number of nitrogens with zero attached hydrogens (tertiary/aromatic N) is 2. The topological polar surface area (TPSA) is 17.8 Å². The van der Waals surface area contributed by atoms with Gasteiger partial charge in [-0.1, -0.05) is 37.1 Å². The minimum atomic E-state index is 0.498. The van der Waals surface area contributed by atoms with E-state index in [1.54, 1.807) is 0 Å². The van der Waals surface area contributed by atoms with E-state index in [-0.39, 0.29) is 0 Å². The van der Waals surface area contributed by atoms with Crippen molar-refractivity contribution in [2.24, 2.45) is 0 Å². The van der Waals surface area contributed by atoms with Gasteiger partial charge in [-0.15, -0.1) is 0 Å². The van der Waals surface area contributed by atoms with Crippen LogP contribution in [0.25, 0.3) is 22.5 Å². The minimum absolute atomic E-state index is 0.498. The Labute approximate surface area is 170 Å². The van der Waals surface area contributed by atoms with Gasteiger partial charge in [0, 0.05) is 11.1 Å². The van der Waals surface area contributed by atoms with Crippen molar-refractivity contribution >= 4 is 15.9 Å². The maximum Gasteiger partial charge on any atom is 0.107 e. The van der Waals surface area contributed by atoms with E-state index in [1.807, 2.05) is 0 Å². The van der Waals surface area contributed by atoms with Gasteiger partial charge in [0.1, 0.15) is 5.69 Å². The lowest BCUT2D eigenvalue weighted by atomic mass is 10.0. The largest absolute Gasteiger partial charge is 0.260 e. The zero-order valence-electron chi connectivity index (χ0n) is 16.6. The molecule has 1 heterocycles. The monoisotopic (exact) mass is 422 g/mol. The molecule has 2 nitrogen and oxygen atoms in total. The second kappa shape index (κ2) is 7.27. The lowest BCUT2D eigenvalue weighted by molar-refractivity contribution is 0.473. The number of halogens is 1. The molecule has 2 aromatic carbocycles. The van der Waals surface area contributed by atoms with E-state index >= 15 is 0 Å². The van der Waals surface area contributed by atoms with E-state index in [0.29, 0.717) is 6.04 Å². The van der Waals surface area contributed by atoms with E-state index in [9.17, 15) is 0 Å². The Morgan fingerprint density at radius 1 is 0.815 bits per heavy atom. The molecule has 0 bridgehead atoms. The van der Waals surface area contributed by atoms with Crippen LogP contribution in [-0.2, 0) is 0 Å². The second-order valence-corrected chi connectivity index (χ2v) is 8.79. The molecule has 1 aliphatic rings. The fourth-order valence-corrected chi connectivity index (χ4v) is 4.77. The fourth-order valence-electron chi connectivity index (χ4n) is 4.05. The molecular weight excluding hydrogens is 396 g/mol. The predicted octanol–water partition coefficient (Wildman–Crippen LogP) is 7.33. The number of benzene rings is 2. The quantitative estimate of drug-likeness (QED) is 0.431. The van der Waals surface area contributed by atoms with Crippen molar-refractivity contribution in [2.75, 3.05) is 0 Å². The third-order valence-electron chi connectivity index (χ3n) is 6.08. The van der Waals surface area contributed by atoms with Gasteiger partial charge < -0.3 is 0 Å². The molecule has 0 aliphatic heterocycles. The summed E-state index contributed by atoms with van der Waals surface area (Å²) in [7, 11) is 0. The van der Waals surface area contributed by atoms with Gasteiger partial charge in [-0.3, -0.25) is 4.68 Å². The van der Waals surface area contributed by atoms with Crippen LogP contribution >= 0.6 is 15.9 Å². The van der Waals surface area contributed by atoms with Gasteiger partial charge in [0.25, 0.3) is 0 Å². The average molecular weight is 423 g/mol. The first-order valence-corrected chi connectivity index (χ1v) is 10.7. The highest BCUT2D eigenvalue weighted by atomic mass is 79.9. The Hall–Kier alpha value is -1.87. The first-order chi connectivity index (χ1) is 13.0. The summed E-state index contributed by atoms with van der Waals surface area (Å²) >= 11 is 3.93. The minimum Gasteiger partial charge on any atom is -0.260 e. The van der Waals surface area contributed by atoms with Crippen LogP contribution in [0.5, 0.6) is 0 Å². The molecule has 0 saturated heterocycles. The Kier molecular flexibility index (Phi) is 4.98. The van der Waals surface area contributed by atoms with Gasteiger partial charge in [0.05, 0.1) is 16.2 Å². The molecule has 0 spiro atoms. The predicted molar refractivity (Wildman–Crippen MR) is 117 cm³/mol. The van der Waals surface area contributed by atoms with Gasteiger partial charge >= 0.3 is 0 Å². The number of hydrogen-bond acceptors (Lipinski definition) is 1. The van der Waals surface area contributed by atoms with E-state index in [2.05, 4.69) is 84.7 Å². The summed E-state index contributed by atoms with van der Waals surface area (Å²) in [4.78, 5) is 0. The number of aryl methyl sites for hydroxylation is 4. The molecule has 1 saturated carbocycles.